The van der Waals surface area contributed by atoms with E-state index in [1.54, 1.807) is 56.4 Å². The Kier molecular flexibility index (Phi) is 24.7. The lowest BCUT2D eigenvalue weighted by molar-refractivity contribution is -0.168. The fourth-order valence-corrected chi connectivity index (χ4v) is 7.50. The van der Waals surface area contributed by atoms with E-state index in [4.69, 9.17) is 54.1 Å². The maximum absolute atomic E-state index is 13.0. The van der Waals surface area contributed by atoms with E-state index in [-0.39, 0.29) is 63.7 Å². The number of ketones is 4. The number of halogens is 3. The molecule has 4 rings (SSSR count). The molecule has 0 radical (unpaired) electrons. The van der Waals surface area contributed by atoms with Crippen molar-refractivity contribution in [2.24, 2.45) is 0 Å². The first-order chi connectivity index (χ1) is 27.7. The average molecular weight is 916 g/mol. The van der Waals surface area contributed by atoms with Crippen molar-refractivity contribution in [3.63, 3.8) is 0 Å². The van der Waals surface area contributed by atoms with Gasteiger partial charge in [-0.15, -0.1) is 0 Å². The van der Waals surface area contributed by atoms with Gasteiger partial charge in [0.2, 0.25) is 6.29 Å². The van der Waals surface area contributed by atoms with Gasteiger partial charge in [-0.2, -0.15) is 0 Å². The first-order valence-corrected chi connectivity index (χ1v) is 20.4. The van der Waals surface area contributed by atoms with Crippen molar-refractivity contribution >= 4 is 82.1 Å². The number of ether oxygens (including phenoxy) is 3. The summed E-state index contributed by atoms with van der Waals surface area (Å²) in [7, 11) is 3.05. The zero-order valence-electron chi connectivity index (χ0n) is 34.2. The molecule has 61 heavy (non-hydrogen) atoms. The number of Topliss-reactive ketones (excluding diaryl/α,β-unsaturated/α-hetero) is 4. The van der Waals surface area contributed by atoms with Crippen LogP contribution in [0, 0.1) is 0 Å². The zero-order valence-corrected chi connectivity index (χ0v) is 36.5. The largest absolute Gasteiger partial charge is 0.481 e. The fourth-order valence-electron chi connectivity index (χ4n) is 6.84. The normalized spacial score (nSPS) is 18.9. The van der Waals surface area contributed by atoms with Gasteiger partial charge in [0.15, 0.2) is 17.1 Å². The molecule has 2 amide bonds. The molecule has 1 N–H and O–H groups in total. The second-order valence-corrected chi connectivity index (χ2v) is 15.7. The van der Waals surface area contributed by atoms with Crippen LogP contribution in [0.25, 0.3) is 0 Å². The van der Waals surface area contributed by atoms with E-state index in [9.17, 15) is 38.4 Å². The number of benzene rings is 2. The molecule has 2 unspecified atom stereocenters. The number of carbonyl (C=O) groups excluding carboxylic acids is 7. The van der Waals surface area contributed by atoms with E-state index in [1.165, 1.54) is 37.6 Å². The summed E-state index contributed by atoms with van der Waals surface area (Å²) in [4.78, 5) is 96.0. The quantitative estimate of drug-likeness (QED) is 0.114. The van der Waals surface area contributed by atoms with Crippen molar-refractivity contribution in [2.75, 3.05) is 14.1 Å². The number of rotatable bonds is 13. The number of carboxylic acids is 1. The SMILES string of the molecule is C.C.CC(=O)CCC(=O)O.CC(=O)CCC(=O)OC(C)OC(=O)N(C)[C@]1(c2ccccc2Cl)CCCCC1=O.CC(Cl)OC(=O)N(C)[C@]1(c2ccccc2Cl)CCCCC1=O. The van der Waals surface area contributed by atoms with E-state index < -0.39 is 47.1 Å². The molecule has 0 heterocycles. The summed E-state index contributed by atoms with van der Waals surface area (Å²) in [5.74, 6) is -1.90. The molecule has 14 nitrogen and oxygen atoms in total. The van der Waals surface area contributed by atoms with Crippen molar-refractivity contribution in [2.45, 2.75) is 143 Å². The number of alkyl halides is 1. The lowest BCUT2D eigenvalue weighted by Crippen LogP contribution is -2.54. The van der Waals surface area contributed by atoms with Gasteiger partial charge in [-0.1, -0.05) is 86.1 Å². The molecule has 17 heteroatoms. The number of amides is 2. The predicted molar refractivity (Wildman–Crippen MR) is 233 cm³/mol. The molecule has 2 fully saturated rings. The van der Waals surface area contributed by atoms with E-state index in [1.807, 2.05) is 6.07 Å². The third-order valence-corrected chi connectivity index (χ3v) is 10.6. The van der Waals surface area contributed by atoms with Crippen LogP contribution >= 0.6 is 34.8 Å². The molecule has 0 spiro atoms. The maximum Gasteiger partial charge on any atom is 0.413 e. The molecular weight excluding hydrogens is 855 g/mol. The number of aliphatic carboxylic acids is 1. The minimum absolute atomic E-state index is 0. The Balaban J connectivity index is 0.000000996. The Labute approximate surface area is 374 Å². The van der Waals surface area contributed by atoms with Crippen molar-refractivity contribution in [3.8, 4) is 0 Å². The standard InChI is InChI=1S/C21H26ClNO6.C16H19Cl2NO3.C5H8O3.2CH4/c1-14(24)11-12-19(26)28-15(2)29-20(27)23(3)21(13-7-6-10-18(21)25)16-8-4-5-9-17(16)22;1-11(17)22-15(21)19(2)16(10-6-5-9-14(16)20)12-7-3-4-8-13(12)18;1-4(6)2-3-5(7)8;;/h4-5,8-9,15H,6-7,10-13H2,1-3H3;3-4,7-8,11H,5-6,9-10H2,1-2H3;2-3H2,1H3,(H,7,8);2*1H4/t15?,21-;11?,16-;;;/m00.../s1. The summed E-state index contributed by atoms with van der Waals surface area (Å²) < 4.78 is 15.3. The summed E-state index contributed by atoms with van der Waals surface area (Å²) in [6.07, 6.45) is 2.34. The Morgan fingerprint density at radius 1 is 0.656 bits per heavy atom. The summed E-state index contributed by atoms with van der Waals surface area (Å²) in [6.45, 7) is 5.71. The van der Waals surface area contributed by atoms with Crippen molar-refractivity contribution in [1.82, 2.24) is 9.80 Å². The highest BCUT2D eigenvalue weighted by Crippen LogP contribution is 2.44. The van der Waals surface area contributed by atoms with Gasteiger partial charge in [0.05, 0.1) is 12.8 Å². The highest BCUT2D eigenvalue weighted by molar-refractivity contribution is 6.32. The van der Waals surface area contributed by atoms with E-state index in [2.05, 4.69) is 0 Å². The van der Waals surface area contributed by atoms with Crippen LogP contribution in [0.2, 0.25) is 10.0 Å². The second kappa shape index (κ2) is 26.7. The molecule has 0 aromatic heterocycles. The van der Waals surface area contributed by atoms with E-state index in [0.717, 1.165) is 25.7 Å². The van der Waals surface area contributed by atoms with Crippen LogP contribution in [0.15, 0.2) is 48.5 Å². The molecule has 4 atom stereocenters. The zero-order chi connectivity index (χ0) is 44.5. The van der Waals surface area contributed by atoms with Crippen LogP contribution in [-0.4, -0.2) is 88.1 Å². The van der Waals surface area contributed by atoms with E-state index in [0.29, 0.717) is 46.9 Å². The molecule has 2 aliphatic carbocycles. The number of carbonyl (C=O) groups is 8. The smallest absolute Gasteiger partial charge is 0.413 e. The molecular formula is C44H61Cl3N2O12. The van der Waals surface area contributed by atoms with Gasteiger partial charge < -0.3 is 28.9 Å². The van der Waals surface area contributed by atoms with Gasteiger partial charge in [-0.3, -0.25) is 29.0 Å². The summed E-state index contributed by atoms with van der Waals surface area (Å²) in [5, 5.41) is 8.87. The molecule has 340 valence electrons. The predicted octanol–water partition coefficient (Wildman–Crippen LogP) is 10.0. The molecule has 2 saturated carbocycles. The molecule has 2 aromatic rings. The van der Waals surface area contributed by atoms with Crippen LogP contribution < -0.4 is 0 Å². The van der Waals surface area contributed by atoms with Gasteiger partial charge in [-0.25, -0.2) is 9.59 Å². The highest BCUT2D eigenvalue weighted by Gasteiger charge is 2.50. The summed E-state index contributed by atoms with van der Waals surface area (Å²) in [5.41, 5.74) is -1.89. The number of carboxylic acid groups (broad SMARTS) is 1. The van der Waals surface area contributed by atoms with Crippen LogP contribution in [0.5, 0.6) is 0 Å². The molecule has 2 aliphatic rings. The number of hydrogen-bond acceptors (Lipinski definition) is 11. The Morgan fingerprint density at radius 2 is 1.05 bits per heavy atom. The highest BCUT2D eigenvalue weighted by atomic mass is 35.5. The monoisotopic (exact) mass is 914 g/mol. The van der Waals surface area contributed by atoms with Gasteiger partial charge in [-0.05, 0) is 71.4 Å². The van der Waals surface area contributed by atoms with Gasteiger partial charge in [0, 0.05) is 67.9 Å². The molecule has 2 aromatic carbocycles. The first-order valence-electron chi connectivity index (χ1n) is 19.2. The van der Waals surface area contributed by atoms with Crippen molar-refractivity contribution in [1.29, 1.82) is 0 Å². The van der Waals surface area contributed by atoms with Crippen molar-refractivity contribution < 1.29 is 57.7 Å². The number of likely N-dealkylation sites (N-methyl/N-ethyl adjacent to an activating group) is 2. The number of esters is 1. The lowest BCUT2D eigenvalue weighted by atomic mass is 9.74. The number of nitrogens with zero attached hydrogens (tertiary/aromatic N) is 2. The summed E-state index contributed by atoms with van der Waals surface area (Å²) in [6, 6.07) is 14.1. The summed E-state index contributed by atoms with van der Waals surface area (Å²) >= 11 is 18.4. The van der Waals surface area contributed by atoms with E-state index >= 15 is 0 Å². The third-order valence-electron chi connectivity index (χ3n) is 9.84. The first kappa shape index (κ1) is 56.5. The van der Waals surface area contributed by atoms with Gasteiger partial charge >= 0.3 is 24.1 Å². The molecule has 0 bridgehead atoms. The third kappa shape index (κ3) is 16.0. The Morgan fingerprint density at radius 3 is 1.39 bits per heavy atom. The van der Waals surface area contributed by atoms with Crippen molar-refractivity contribution in [3.05, 3.63) is 69.7 Å². The average Bonchev–Trinajstić information content (AvgIpc) is 3.17. The van der Waals surface area contributed by atoms with Crippen LogP contribution in [0.3, 0.4) is 0 Å². The van der Waals surface area contributed by atoms with Crippen LogP contribution in [0.1, 0.15) is 131 Å². The topological polar surface area (TPSA) is 191 Å². The Bertz CT molecular complexity index is 1830. The van der Waals surface area contributed by atoms with Crippen LogP contribution in [0.4, 0.5) is 9.59 Å². The Hall–Kier alpha value is -4.53. The second-order valence-electron chi connectivity index (χ2n) is 14.2. The minimum Gasteiger partial charge on any atom is -0.481 e. The van der Waals surface area contributed by atoms with Gasteiger partial charge in [0.1, 0.15) is 22.6 Å². The fraction of sp³-hybridized carbons (Fsp3) is 0.545. The minimum atomic E-state index is -1.23. The van der Waals surface area contributed by atoms with Crippen LogP contribution in [-0.2, 0) is 54.1 Å². The molecule has 0 saturated heterocycles. The maximum atomic E-state index is 13.0. The number of hydrogen-bond donors (Lipinski definition) is 1. The molecule has 0 aliphatic heterocycles. The lowest BCUT2D eigenvalue weighted by Gasteiger charge is -2.43. The van der Waals surface area contributed by atoms with Gasteiger partial charge in [0.25, 0.3) is 0 Å².